The average molecular weight is 383 g/mol. The van der Waals surface area contributed by atoms with Crippen LogP contribution >= 0.6 is 0 Å². The number of hydrogen-bond acceptors (Lipinski definition) is 5. The first-order valence-electron chi connectivity index (χ1n) is 9.64. The van der Waals surface area contributed by atoms with Gasteiger partial charge in [-0.1, -0.05) is 36.4 Å². The number of carbonyl (C=O) groups excluding carboxylic acids is 1. The van der Waals surface area contributed by atoms with E-state index in [4.69, 9.17) is 4.74 Å². The zero-order valence-corrected chi connectivity index (χ0v) is 16.7. The number of amides is 1. The summed E-state index contributed by atoms with van der Waals surface area (Å²) in [5.41, 5.74) is 7.89. The third kappa shape index (κ3) is 5.32. The average Bonchev–Trinajstić information content (AvgIpc) is 3.20. The van der Waals surface area contributed by atoms with Gasteiger partial charge in [0, 0.05) is 24.6 Å². The Balaban J connectivity index is 1.79. The Morgan fingerprint density at radius 3 is 2.54 bits per heavy atom. The fourth-order valence-corrected chi connectivity index (χ4v) is 3.18. The smallest absolute Gasteiger partial charge is 0.251 e. The second-order valence-corrected chi connectivity index (χ2v) is 7.92. The third-order valence-corrected chi connectivity index (χ3v) is 4.77. The van der Waals surface area contributed by atoms with Crippen molar-refractivity contribution in [3.8, 4) is 5.75 Å². The van der Waals surface area contributed by atoms with Gasteiger partial charge in [-0.2, -0.15) is 0 Å². The highest BCUT2D eigenvalue weighted by molar-refractivity contribution is 5.95. The summed E-state index contributed by atoms with van der Waals surface area (Å²) in [5, 5.41) is 13.1. The molecule has 28 heavy (non-hydrogen) atoms. The van der Waals surface area contributed by atoms with Crippen LogP contribution in [0.4, 0.5) is 0 Å². The predicted molar refractivity (Wildman–Crippen MR) is 109 cm³/mol. The van der Waals surface area contributed by atoms with Gasteiger partial charge in [0.15, 0.2) is 0 Å². The van der Waals surface area contributed by atoms with Gasteiger partial charge in [0.1, 0.15) is 12.4 Å². The van der Waals surface area contributed by atoms with Crippen LogP contribution in [0, 0.1) is 0 Å². The first kappa shape index (κ1) is 20.3. The molecule has 3 rings (SSSR count). The van der Waals surface area contributed by atoms with Gasteiger partial charge in [0.25, 0.3) is 5.91 Å². The van der Waals surface area contributed by atoms with Crippen molar-refractivity contribution in [1.29, 1.82) is 0 Å². The molecular formula is C22H29N3O3. The van der Waals surface area contributed by atoms with Crippen LogP contribution in [0.3, 0.4) is 0 Å². The Morgan fingerprint density at radius 2 is 1.89 bits per heavy atom. The summed E-state index contributed by atoms with van der Waals surface area (Å²) >= 11 is 0. The van der Waals surface area contributed by atoms with Crippen molar-refractivity contribution in [1.82, 2.24) is 16.2 Å². The number of aliphatic hydroxyl groups is 1. The van der Waals surface area contributed by atoms with Crippen LogP contribution in [0.2, 0.25) is 0 Å². The minimum absolute atomic E-state index is 0.0997. The van der Waals surface area contributed by atoms with Gasteiger partial charge in [-0.05, 0) is 44.0 Å². The molecule has 0 unspecified atom stereocenters. The first-order chi connectivity index (χ1) is 13.3. The summed E-state index contributed by atoms with van der Waals surface area (Å²) in [5.74, 6) is 0.730. The van der Waals surface area contributed by atoms with Crippen LogP contribution in [0.1, 0.15) is 54.2 Å². The van der Waals surface area contributed by atoms with Crippen molar-refractivity contribution in [2.45, 2.75) is 38.3 Å². The maximum Gasteiger partial charge on any atom is 0.251 e. The second kappa shape index (κ2) is 8.73. The summed E-state index contributed by atoms with van der Waals surface area (Å²) in [6.07, 6.45) is 0. The Morgan fingerprint density at radius 1 is 1.21 bits per heavy atom. The lowest BCUT2D eigenvalue weighted by atomic mass is 9.97. The lowest BCUT2D eigenvalue weighted by Crippen LogP contribution is -2.29. The van der Waals surface area contributed by atoms with Crippen LogP contribution in [0.15, 0.2) is 48.5 Å². The van der Waals surface area contributed by atoms with E-state index in [-0.39, 0.29) is 24.5 Å². The van der Waals surface area contributed by atoms with Crippen LogP contribution in [-0.4, -0.2) is 36.3 Å². The quantitative estimate of drug-likeness (QED) is 0.591. The molecule has 2 aromatic carbocycles. The van der Waals surface area contributed by atoms with Crippen molar-refractivity contribution < 1.29 is 14.6 Å². The molecule has 0 aromatic heterocycles. The van der Waals surface area contributed by atoms with E-state index in [1.165, 1.54) is 0 Å². The van der Waals surface area contributed by atoms with Crippen LogP contribution in [0.5, 0.6) is 5.75 Å². The summed E-state index contributed by atoms with van der Waals surface area (Å²) < 4.78 is 5.91. The Hall–Kier alpha value is -2.41. The van der Waals surface area contributed by atoms with Gasteiger partial charge in [0.2, 0.25) is 0 Å². The molecule has 150 valence electrons. The minimum atomic E-state index is -0.955. The molecule has 1 atom stereocenters. The standard InChI is InChI=1S/C22H29N3O3/c1-15(16-7-5-4-6-8-16)25-21(26)17-9-10-19(18-12-23-24-13-18)20(11-17)28-14-22(2,3)27/h4-11,15,18,23-24,27H,12-14H2,1-3H3,(H,25,26)/t15-/m1/s1. The van der Waals surface area contributed by atoms with Crippen molar-refractivity contribution >= 4 is 5.91 Å². The van der Waals surface area contributed by atoms with E-state index in [9.17, 15) is 9.90 Å². The third-order valence-electron chi connectivity index (χ3n) is 4.77. The molecule has 0 aliphatic carbocycles. The van der Waals surface area contributed by atoms with Crippen LogP contribution < -0.4 is 20.9 Å². The zero-order chi connectivity index (χ0) is 20.1. The molecule has 6 nitrogen and oxygen atoms in total. The fourth-order valence-electron chi connectivity index (χ4n) is 3.18. The van der Waals surface area contributed by atoms with Crippen molar-refractivity contribution in [3.63, 3.8) is 0 Å². The second-order valence-electron chi connectivity index (χ2n) is 7.92. The molecule has 0 bridgehead atoms. The normalized spacial score (nSPS) is 16.0. The number of ether oxygens (including phenoxy) is 1. The number of hydrazine groups is 1. The molecule has 1 heterocycles. The lowest BCUT2D eigenvalue weighted by molar-refractivity contribution is 0.0280. The minimum Gasteiger partial charge on any atom is -0.490 e. The summed E-state index contributed by atoms with van der Waals surface area (Å²) in [7, 11) is 0. The molecule has 0 radical (unpaired) electrons. The Labute approximate surface area is 166 Å². The molecule has 0 spiro atoms. The maximum atomic E-state index is 12.8. The van der Waals surface area contributed by atoms with Gasteiger partial charge < -0.3 is 15.2 Å². The summed E-state index contributed by atoms with van der Waals surface area (Å²) in [6.45, 7) is 7.08. The van der Waals surface area contributed by atoms with Gasteiger partial charge in [-0.15, -0.1) is 0 Å². The van der Waals surface area contributed by atoms with E-state index in [0.717, 1.165) is 24.2 Å². The number of carbonyl (C=O) groups is 1. The highest BCUT2D eigenvalue weighted by Gasteiger charge is 2.23. The predicted octanol–water partition coefficient (Wildman–Crippen LogP) is 2.52. The number of benzene rings is 2. The lowest BCUT2D eigenvalue weighted by Gasteiger charge is -2.22. The molecule has 2 aromatic rings. The molecule has 4 N–H and O–H groups in total. The zero-order valence-electron chi connectivity index (χ0n) is 16.7. The van der Waals surface area contributed by atoms with Gasteiger partial charge >= 0.3 is 0 Å². The number of rotatable bonds is 7. The molecule has 1 aliphatic heterocycles. The SMILES string of the molecule is C[C@@H](NC(=O)c1ccc(C2CNNC2)c(OCC(C)(C)O)c1)c1ccccc1. The van der Waals surface area contributed by atoms with E-state index in [2.05, 4.69) is 16.2 Å². The molecular weight excluding hydrogens is 354 g/mol. The summed E-state index contributed by atoms with van der Waals surface area (Å²) in [6, 6.07) is 15.3. The number of hydrogen-bond donors (Lipinski definition) is 4. The van der Waals surface area contributed by atoms with Crippen LogP contribution in [0.25, 0.3) is 0 Å². The summed E-state index contributed by atoms with van der Waals surface area (Å²) in [4.78, 5) is 12.8. The molecule has 0 saturated carbocycles. The van der Waals surface area contributed by atoms with E-state index >= 15 is 0 Å². The van der Waals surface area contributed by atoms with E-state index in [1.807, 2.05) is 49.4 Å². The van der Waals surface area contributed by atoms with E-state index in [0.29, 0.717) is 11.3 Å². The molecule has 1 fully saturated rings. The van der Waals surface area contributed by atoms with Crippen molar-refractivity contribution in [2.24, 2.45) is 0 Å². The van der Waals surface area contributed by atoms with Crippen LogP contribution in [-0.2, 0) is 0 Å². The van der Waals surface area contributed by atoms with E-state index < -0.39 is 5.60 Å². The highest BCUT2D eigenvalue weighted by Crippen LogP contribution is 2.30. The molecule has 1 amide bonds. The number of nitrogens with one attached hydrogen (secondary N) is 3. The maximum absolute atomic E-state index is 12.8. The van der Waals surface area contributed by atoms with Crippen molar-refractivity contribution in [2.75, 3.05) is 19.7 Å². The monoisotopic (exact) mass is 383 g/mol. The topological polar surface area (TPSA) is 82.6 Å². The first-order valence-corrected chi connectivity index (χ1v) is 9.64. The van der Waals surface area contributed by atoms with E-state index in [1.54, 1.807) is 19.9 Å². The Kier molecular flexibility index (Phi) is 6.34. The molecule has 1 aliphatic rings. The fraction of sp³-hybridized carbons (Fsp3) is 0.409. The van der Waals surface area contributed by atoms with Crippen molar-refractivity contribution in [3.05, 3.63) is 65.2 Å². The largest absolute Gasteiger partial charge is 0.490 e. The molecule has 1 saturated heterocycles. The Bertz CT molecular complexity index is 796. The van der Waals surface area contributed by atoms with Gasteiger partial charge in [-0.3, -0.25) is 15.6 Å². The van der Waals surface area contributed by atoms with Gasteiger partial charge in [-0.25, -0.2) is 0 Å². The highest BCUT2D eigenvalue weighted by atomic mass is 16.5. The molecule has 6 heteroatoms. The van der Waals surface area contributed by atoms with Gasteiger partial charge in [0.05, 0.1) is 11.6 Å².